The van der Waals surface area contributed by atoms with Gasteiger partial charge in [-0.15, -0.1) is 0 Å². The average Bonchev–Trinajstić information content (AvgIpc) is 2.99. The van der Waals surface area contributed by atoms with Gasteiger partial charge < -0.3 is 23.7 Å². The Morgan fingerprint density at radius 1 is 0.762 bits per heavy atom. The second kappa shape index (κ2) is 20.1. The van der Waals surface area contributed by atoms with Crippen LogP contribution in [0, 0.1) is 0 Å². The van der Waals surface area contributed by atoms with E-state index in [1.807, 2.05) is 13.8 Å². The number of benzene rings is 2. The summed E-state index contributed by atoms with van der Waals surface area (Å²) < 4.78 is 26.0. The van der Waals surface area contributed by atoms with Gasteiger partial charge in [0.05, 0.1) is 30.9 Å². The highest BCUT2D eigenvalue weighted by Crippen LogP contribution is 2.16. The molecule has 42 heavy (non-hydrogen) atoms. The first kappa shape index (κ1) is 35.2. The number of unbranched alkanes of at least 4 members (excludes halogenated alkanes) is 1. The summed E-state index contributed by atoms with van der Waals surface area (Å²) in [6, 6.07) is 12.6. The van der Waals surface area contributed by atoms with Crippen molar-refractivity contribution in [1.82, 2.24) is 0 Å². The molecule has 10 nitrogen and oxygen atoms in total. The van der Waals surface area contributed by atoms with E-state index in [1.54, 1.807) is 57.2 Å². The molecule has 0 aliphatic heterocycles. The van der Waals surface area contributed by atoms with Crippen molar-refractivity contribution >= 4 is 29.7 Å². The molecule has 0 aliphatic rings. The van der Waals surface area contributed by atoms with Gasteiger partial charge in [0.1, 0.15) is 17.3 Å². The molecule has 0 saturated heterocycles. The van der Waals surface area contributed by atoms with Crippen LogP contribution in [0.3, 0.4) is 0 Å². The molecule has 0 atom stereocenters. The number of nitrogens with one attached hydrogen (secondary N) is 1. The fraction of sp³-hybridized carbons (Fsp3) is 0.312. The highest BCUT2D eigenvalue weighted by molar-refractivity contribution is 5.92. The van der Waals surface area contributed by atoms with Crippen LogP contribution in [-0.4, -0.2) is 43.8 Å². The van der Waals surface area contributed by atoms with Gasteiger partial charge in [0.15, 0.2) is 0 Å². The van der Waals surface area contributed by atoms with Crippen LogP contribution in [0.2, 0.25) is 0 Å². The van der Waals surface area contributed by atoms with E-state index in [0.29, 0.717) is 48.8 Å². The van der Waals surface area contributed by atoms with Crippen molar-refractivity contribution in [2.75, 3.05) is 25.1 Å². The van der Waals surface area contributed by atoms with Crippen LogP contribution in [0.15, 0.2) is 84.9 Å². The predicted octanol–water partition coefficient (Wildman–Crippen LogP) is 6.99. The zero-order valence-electron chi connectivity index (χ0n) is 24.8. The Hall–Kier alpha value is -4.86. The maximum absolute atomic E-state index is 12.4. The van der Waals surface area contributed by atoms with Crippen molar-refractivity contribution < 1.29 is 42.9 Å². The van der Waals surface area contributed by atoms with Gasteiger partial charge in [-0.1, -0.05) is 20.4 Å². The Morgan fingerprint density at radius 2 is 1.26 bits per heavy atom. The van der Waals surface area contributed by atoms with Gasteiger partial charge in [-0.25, -0.2) is 19.2 Å². The van der Waals surface area contributed by atoms with E-state index < -0.39 is 24.0 Å². The molecule has 0 radical (unpaired) electrons. The molecule has 0 aromatic heterocycles. The monoisotopic (exact) mass is 581 g/mol. The quantitative estimate of drug-likeness (QED) is 0.0627. The number of carbonyl (C=O) groups excluding carboxylic acids is 4. The molecule has 0 saturated carbocycles. The van der Waals surface area contributed by atoms with Crippen LogP contribution in [0.4, 0.5) is 10.5 Å². The lowest BCUT2D eigenvalue weighted by Gasteiger charge is -2.08. The van der Waals surface area contributed by atoms with Crippen LogP contribution in [-0.2, 0) is 23.7 Å². The number of anilines is 1. The fourth-order valence-corrected chi connectivity index (χ4v) is 3.00. The first-order chi connectivity index (χ1) is 20.2. The van der Waals surface area contributed by atoms with E-state index in [9.17, 15) is 19.2 Å². The molecule has 226 valence electrons. The van der Waals surface area contributed by atoms with E-state index in [2.05, 4.69) is 11.9 Å². The third kappa shape index (κ3) is 14.0. The molecular weight excluding hydrogens is 542 g/mol. The number of hydrogen-bond donors (Lipinski definition) is 1. The van der Waals surface area contributed by atoms with Crippen LogP contribution in [0.25, 0.3) is 0 Å². The third-order valence-corrected chi connectivity index (χ3v) is 5.01. The Balaban J connectivity index is 0.00000431. The fourth-order valence-electron chi connectivity index (χ4n) is 3.00. The van der Waals surface area contributed by atoms with Crippen LogP contribution < -0.4 is 10.1 Å². The van der Waals surface area contributed by atoms with Crippen LogP contribution >= 0.6 is 0 Å². The summed E-state index contributed by atoms with van der Waals surface area (Å²) in [4.78, 5) is 47.2. The summed E-state index contributed by atoms with van der Waals surface area (Å²) in [5.41, 5.74) is 1.10. The summed E-state index contributed by atoms with van der Waals surface area (Å²) >= 11 is 0. The lowest BCUT2D eigenvalue weighted by molar-refractivity contribution is -0.137. The largest absolute Gasteiger partial charge is 0.494 e. The van der Waals surface area contributed by atoms with Crippen molar-refractivity contribution in [2.45, 2.75) is 47.5 Å². The SMILES string of the molecule is C=CC(=O)OCCCCOc1ccc(C(=O)O/C(C)=C/C=C(\C)OC(=O)c2ccc(NC(=O)OCC)cc2)cc1.CC. The average molecular weight is 582 g/mol. The summed E-state index contributed by atoms with van der Waals surface area (Å²) in [6.07, 6.45) is 4.91. The molecule has 0 spiro atoms. The van der Waals surface area contributed by atoms with Gasteiger partial charge in [0, 0.05) is 11.8 Å². The van der Waals surface area contributed by atoms with Crippen molar-refractivity contribution in [3.05, 3.63) is 96.0 Å². The highest BCUT2D eigenvalue weighted by atomic mass is 16.6. The van der Waals surface area contributed by atoms with Crippen molar-refractivity contribution in [1.29, 1.82) is 0 Å². The predicted molar refractivity (Wildman–Crippen MR) is 159 cm³/mol. The maximum Gasteiger partial charge on any atom is 0.411 e. The number of ether oxygens (including phenoxy) is 5. The second-order valence-corrected chi connectivity index (χ2v) is 8.21. The first-order valence-electron chi connectivity index (χ1n) is 13.6. The molecule has 2 aromatic rings. The summed E-state index contributed by atoms with van der Waals surface area (Å²) in [6.45, 7) is 13.2. The molecule has 1 amide bonds. The van der Waals surface area contributed by atoms with Crippen LogP contribution in [0.1, 0.15) is 68.2 Å². The number of esters is 3. The molecule has 0 heterocycles. The Morgan fingerprint density at radius 3 is 1.76 bits per heavy atom. The standard InChI is InChI=1S/C30H33NO9.C2H6/c1-5-27(32)38-20-8-7-19-37-26-17-13-24(14-18-26)29(34)40-22(4)10-9-21(3)39-28(33)23-11-15-25(16-12-23)31-30(35)36-6-2;1-2/h5,9-18H,1,6-8,19-20H2,2-4H3,(H,31,35);1-2H3/b21-9+,22-10+;. The van der Waals surface area contributed by atoms with Gasteiger partial charge in [0.25, 0.3) is 0 Å². The minimum Gasteiger partial charge on any atom is -0.494 e. The van der Waals surface area contributed by atoms with E-state index in [-0.39, 0.29) is 17.9 Å². The second-order valence-electron chi connectivity index (χ2n) is 8.21. The van der Waals surface area contributed by atoms with E-state index in [1.165, 1.54) is 24.3 Å². The number of rotatable bonds is 14. The summed E-state index contributed by atoms with van der Waals surface area (Å²) in [7, 11) is 0. The molecule has 2 rings (SSSR count). The van der Waals surface area contributed by atoms with Crippen LogP contribution in [0.5, 0.6) is 5.75 Å². The number of allylic oxidation sites excluding steroid dienone is 4. The van der Waals surface area contributed by atoms with Crippen molar-refractivity contribution in [3.8, 4) is 5.75 Å². The third-order valence-electron chi connectivity index (χ3n) is 5.01. The minimum atomic E-state index is -0.585. The number of amides is 1. The Bertz CT molecular complexity index is 1230. The van der Waals surface area contributed by atoms with Gasteiger partial charge in [-0.05, 0) is 94.3 Å². The normalized spacial score (nSPS) is 10.8. The van der Waals surface area contributed by atoms with E-state index >= 15 is 0 Å². The molecule has 10 heteroatoms. The molecule has 0 bridgehead atoms. The molecule has 1 N–H and O–H groups in total. The zero-order chi connectivity index (χ0) is 31.3. The minimum absolute atomic E-state index is 0.249. The molecule has 2 aromatic carbocycles. The lowest BCUT2D eigenvalue weighted by atomic mass is 10.2. The first-order valence-corrected chi connectivity index (χ1v) is 13.6. The summed E-state index contributed by atoms with van der Waals surface area (Å²) in [5.74, 6) is -0.408. The highest BCUT2D eigenvalue weighted by Gasteiger charge is 2.10. The van der Waals surface area contributed by atoms with E-state index in [4.69, 9.17) is 23.7 Å². The molecule has 0 unspecified atom stereocenters. The Kier molecular flexibility index (Phi) is 16.8. The van der Waals surface area contributed by atoms with Crippen molar-refractivity contribution in [3.63, 3.8) is 0 Å². The lowest BCUT2D eigenvalue weighted by Crippen LogP contribution is -2.13. The zero-order valence-corrected chi connectivity index (χ0v) is 24.8. The van der Waals surface area contributed by atoms with Gasteiger partial charge in [-0.3, -0.25) is 5.32 Å². The Labute approximate surface area is 246 Å². The van der Waals surface area contributed by atoms with Gasteiger partial charge in [0.2, 0.25) is 0 Å². The number of hydrogen-bond acceptors (Lipinski definition) is 9. The summed E-state index contributed by atoms with van der Waals surface area (Å²) in [5, 5.41) is 2.54. The molecule has 0 aliphatic carbocycles. The molecular formula is C32H39NO9. The number of carbonyl (C=O) groups is 4. The van der Waals surface area contributed by atoms with Gasteiger partial charge >= 0.3 is 24.0 Å². The smallest absolute Gasteiger partial charge is 0.411 e. The van der Waals surface area contributed by atoms with Gasteiger partial charge in [-0.2, -0.15) is 0 Å². The van der Waals surface area contributed by atoms with E-state index in [0.717, 1.165) is 6.08 Å². The maximum atomic E-state index is 12.4. The molecule has 0 fully saturated rings. The van der Waals surface area contributed by atoms with Crippen molar-refractivity contribution in [2.24, 2.45) is 0 Å². The topological polar surface area (TPSA) is 126 Å².